The van der Waals surface area contributed by atoms with E-state index in [1.165, 1.54) is 24.3 Å². The van der Waals surface area contributed by atoms with Gasteiger partial charge in [-0.1, -0.05) is 30.3 Å². The number of nitrogens with two attached hydrogens (primary N) is 1. The Morgan fingerprint density at radius 2 is 1.79 bits per heavy atom. The Morgan fingerprint density at radius 1 is 1.10 bits per heavy atom. The topological polar surface area (TPSA) is 154 Å². The number of hydrogen-bond donors (Lipinski definition) is 4. The number of carbonyl (C=O) groups is 2. The van der Waals surface area contributed by atoms with E-state index in [1.807, 2.05) is 0 Å². The number of urea groups is 1. The minimum Gasteiger partial charge on any atom is -0.383 e. The molecular formula is C35H46FN5O6S. The molecular weight excluding hydrogens is 637 g/mol. The van der Waals surface area contributed by atoms with Crippen LogP contribution in [0.5, 0.6) is 0 Å². The summed E-state index contributed by atoms with van der Waals surface area (Å²) in [6.45, 7) is 6.23. The number of rotatable bonds is 11. The molecule has 4 aliphatic rings. The van der Waals surface area contributed by atoms with Gasteiger partial charge in [-0.15, -0.1) is 6.58 Å². The number of aliphatic hydroxyl groups is 1. The largest absolute Gasteiger partial charge is 0.383 e. The third-order valence-corrected chi connectivity index (χ3v) is 11.9. The van der Waals surface area contributed by atoms with Crippen molar-refractivity contribution >= 4 is 21.8 Å². The number of fused-ring (bicyclic) bond motifs is 2. The van der Waals surface area contributed by atoms with Crippen molar-refractivity contribution < 1.29 is 32.2 Å². The third-order valence-electron chi connectivity index (χ3n) is 11.0. The maximum atomic E-state index is 14.6. The van der Waals surface area contributed by atoms with Crippen LogP contribution in [0.1, 0.15) is 49.7 Å². The number of Topliss-reactive ketones (excluding diaryl/α,β-unsaturated/α-hetero) is 1. The highest BCUT2D eigenvalue weighted by Crippen LogP contribution is 2.50. The Balaban J connectivity index is 1.20. The Kier molecular flexibility index (Phi) is 10.1. The van der Waals surface area contributed by atoms with Gasteiger partial charge in [0.15, 0.2) is 0 Å². The number of ketones is 1. The van der Waals surface area contributed by atoms with E-state index in [2.05, 4.69) is 22.1 Å². The number of nitrogens with zero attached hydrogens (tertiary/aromatic N) is 2. The van der Waals surface area contributed by atoms with Crippen LogP contribution in [0.3, 0.4) is 0 Å². The number of halogens is 1. The molecule has 4 saturated heterocycles. The van der Waals surface area contributed by atoms with Crippen LogP contribution >= 0.6 is 0 Å². The standard InChI is InChI=1S/C35H46FN5O6S/c1-2-14-40(33(43)39-20-24-6-10-31(11-7-24)48(37,45)46)30-18-28-8-9-29(19-30)41(28)23-34(32(42)25-12-15-47-16-13-25)21-38-22-35(34,44)26-4-3-5-27(36)17-26/h2-7,10-11,17,25,28-30,38,44H,1,8-9,12-16,18-23H2,(H,39,43)(H2,37,45,46)/t28?,29?,30?,34-,35-/m1/s1. The van der Waals surface area contributed by atoms with Crippen molar-refractivity contribution in [1.82, 2.24) is 20.4 Å². The van der Waals surface area contributed by atoms with Crippen molar-refractivity contribution in [2.45, 2.75) is 73.7 Å². The van der Waals surface area contributed by atoms with E-state index in [1.54, 1.807) is 35.2 Å². The first-order chi connectivity index (χ1) is 22.9. The molecule has 0 aliphatic carbocycles. The van der Waals surface area contributed by atoms with Gasteiger partial charge in [0.25, 0.3) is 0 Å². The quantitative estimate of drug-likeness (QED) is 0.264. The van der Waals surface area contributed by atoms with Gasteiger partial charge < -0.3 is 25.4 Å². The van der Waals surface area contributed by atoms with Gasteiger partial charge in [0.2, 0.25) is 10.0 Å². The number of amides is 2. The molecule has 2 amide bonds. The predicted octanol–water partition coefficient (Wildman–Crippen LogP) is 2.64. The highest BCUT2D eigenvalue weighted by atomic mass is 32.2. The molecule has 4 fully saturated rings. The number of nitrogens with one attached hydrogen (secondary N) is 2. The second-order valence-corrected chi connectivity index (χ2v) is 15.3. The van der Waals surface area contributed by atoms with E-state index < -0.39 is 26.9 Å². The first-order valence-corrected chi connectivity index (χ1v) is 18.3. The normalized spacial score (nSPS) is 29.4. The van der Waals surface area contributed by atoms with Crippen molar-refractivity contribution in [3.05, 3.63) is 78.1 Å². The van der Waals surface area contributed by atoms with Crippen LogP contribution in [-0.2, 0) is 31.7 Å². The summed E-state index contributed by atoms with van der Waals surface area (Å²) in [5.74, 6) is -0.701. The second-order valence-electron chi connectivity index (χ2n) is 13.8. The van der Waals surface area contributed by atoms with Gasteiger partial charge in [0.1, 0.15) is 17.2 Å². The lowest BCUT2D eigenvalue weighted by molar-refractivity contribution is -0.154. The SMILES string of the molecule is C=CCN(C(=O)NCc1ccc(S(N)(=O)=O)cc1)C1CC2CCC(C1)N2C[C@@]1(C(=O)C2CCOCC2)CNC[C@@]1(O)c1cccc(F)c1. The van der Waals surface area contributed by atoms with Crippen LogP contribution in [0.15, 0.2) is 66.1 Å². The molecule has 2 unspecified atom stereocenters. The van der Waals surface area contributed by atoms with E-state index in [4.69, 9.17) is 9.88 Å². The highest BCUT2D eigenvalue weighted by Gasteiger charge is 2.62. The highest BCUT2D eigenvalue weighted by molar-refractivity contribution is 7.89. The van der Waals surface area contributed by atoms with Crippen molar-refractivity contribution in [1.29, 1.82) is 0 Å². The molecule has 11 nitrogen and oxygen atoms in total. The van der Waals surface area contributed by atoms with Crippen molar-refractivity contribution in [2.75, 3.05) is 39.4 Å². The lowest BCUT2D eigenvalue weighted by Gasteiger charge is -2.50. The molecule has 13 heteroatoms. The summed E-state index contributed by atoms with van der Waals surface area (Å²) < 4.78 is 43.3. The molecule has 4 aliphatic heterocycles. The summed E-state index contributed by atoms with van der Waals surface area (Å²) in [6.07, 6.45) is 6.12. The smallest absolute Gasteiger partial charge is 0.318 e. The number of hydrogen-bond acceptors (Lipinski definition) is 8. The molecule has 48 heavy (non-hydrogen) atoms. The molecule has 2 aromatic carbocycles. The van der Waals surface area contributed by atoms with Crippen molar-refractivity contribution in [2.24, 2.45) is 16.5 Å². The molecule has 4 heterocycles. The molecule has 260 valence electrons. The second kappa shape index (κ2) is 14.0. The number of β-amino-alcohol motifs (C(OH)–C–C–N with tert-alkyl or cyclic N) is 1. The summed E-state index contributed by atoms with van der Waals surface area (Å²) >= 11 is 0. The van der Waals surface area contributed by atoms with Crippen LogP contribution in [-0.4, -0.2) is 92.7 Å². The van der Waals surface area contributed by atoms with Gasteiger partial charge in [0, 0.05) is 70.0 Å². The minimum atomic E-state index is -3.81. The minimum absolute atomic E-state index is 0.00656. The van der Waals surface area contributed by atoms with Crippen LogP contribution in [0.2, 0.25) is 0 Å². The fraction of sp³-hybridized carbons (Fsp3) is 0.543. The zero-order chi connectivity index (χ0) is 34.1. The molecule has 5 N–H and O–H groups in total. The summed E-state index contributed by atoms with van der Waals surface area (Å²) in [4.78, 5) is 32.3. The van der Waals surface area contributed by atoms with Crippen molar-refractivity contribution in [3.8, 4) is 0 Å². The van der Waals surface area contributed by atoms with Gasteiger partial charge in [-0.25, -0.2) is 22.7 Å². The maximum Gasteiger partial charge on any atom is 0.318 e. The first-order valence-electron chi connectivity index (χ1n) is 16.8. The maximum absolute atomic E-state index is 14.6. The average Bonchev–Trinajstić information content (AvgIpc) is 3.53. The Hall–Kier alpha value is -3.20. The molecule has 6 rings (SSSR count). The van der Waals surface area contributed by atoms with Gasteiger partial charge >= 0.3 is 6.03 Å². The van der Waals surface area contributed by atoms with Gasteiger partial charge in [0.05, 0.1) is 10.3 Å². The molecule has 0 spiro atoms. The van der Waals surface area contributed by atoms with Gasteiger partial charge in [-0.2, -0.15) is 0 Å². The number of ether oxygens (including phenoxy) is 1. The molecule has 0 aromatic heterocycles. The number of primary sulfonamides is 1. The summed E-state index contributed by atoms with van der Waals surface area (Å²) in [5.41, 5.74) is -1.64. The molecule has 2 aromatic rings. The van der Waals surface area contributed by atoms with E-state index >= 15 is 0 Å². The molecule has 0 saturated carbocycles. The molecule has 0 radical (unpaired) electrons. The lowest BCUT2D eigenvalue weighted by Crippen LogP contribution is -2.62. The fourth-order valence-corrected chi connectivity index (χ4v) is 9.00. The van der Waals surface area contributed by atoms with E-state index in [9.17, 15) is 27.5 Å². The lowest BCUT2D eigenvalue weighted by atomic mass is 9.63. The zero-order valence-corrected chi connectivity index (χ0v) is 28.0. The van der Waals surface area contributed by atoms with Crippen LogP contribution in [0.25, 0.3) is 0 Å². The van der Waals surface area contributed by atoms with Crippen molar-refractivity contribution in [3.63, 3.8) is 0 Å². The van der Waals surface area contributed by atoms with Gasteiger partial charge in [-0.05, 0) is 73.9 Å². The third kappa shape index (κ3) is 6.68. The number of benzene rings is 2. The molecule has 2 bridgehead atoms. The number of sulfonamides is 1. The van der Waals surface area contributed by atoms with E-state index in [0.717, 1.165) is 18.4 Å². The Morgan fingerprint density at radius 3 is 2.42 bits per heavy atom. The monoisotopic (exact) mass is 683 g/mol. The van der Waals surface area contributed by atoms with Crippen LogP contribution in [0, 0.1) is 17.2 Å². The first kappa shape index (κ1) is 34.7. The Bertz CT molecular complexity index is 1610. The van der Waals surface area contributed by atoms with Gasteiger partial charge in [-0.3, -0.25) is 9.69 Å². The number of piperidine rings is 1. The van der Waals surface area contributed by atoms with Crippen LogP contribution < -0.4 is 15.8 Å². The number of carbonyl (C=O) groups excluding carboxylic acids is 2. The average molecular weight is 684 g/mol. The zero-order valence-electron chi connectivity index (χ0n) is 27.2. The predicted molar refractivity (Wildman–Crippen MR) is 178 cm³/mol. The van der Waals surface area contributed by atoms with Crippen LogP contribution in [0.4, 0.5) is 9.18 Å². The van der Waals surface area contributed by atoms with E-state index in [-0.39, 0.29) is 53.8 Å². The Labute approximate surface area is 281 Å². The summed E-state index contributed by atoms with van der Waals surface area (Å²) in [7, 11) is -3.81. The summed E-state index contributed by atoms with van der Waals surface area (Å²) in [6, 6.07) is 11.9. The van der Waals surface area contributed by atoms with E-state index in [0.29, 0.717) is 64.1 Å². The fourth-order valence-electron chi connectivity index (χ4n) is 8.49. The summed E-state index contributed by atoms with van der Waals surface area (Å²) in [5, 5.41) is 24.0. The molecule has 4 atom stereocenters.